The monoisotopic (exact) mass is 416 g/mol. The molecule has 2 aromatic rings. The van der Waals surface area contributed by atoms with E-state index >= 15 is 0 Å². The van der Waals surface area contributed by atoms with Crippen molar-refractivity contribution in [2.75, 3.05) is 5.43 Å². The molecule has 136 valence electrons. The molecule has 0 aliphatic carbocycles. The van der Waals surface area contributed by atoms with Gasteiger partial charge in [-0.2, -0.15) is 5.10 Å². The predicted octanol–water partition coefficient (Wildman–Crippen LogP) is 4.79. The molecule has 1 aromatic carbocycles. The summed E-state index contributed by atoms with van der Waals surface area (Å²) in [5.74, 6) is -1.38. The van der Waals surface area contributed by atoms with Gasteiger partial charge in [0.05, 0.1) is 16.3 Å². The van der Waals surface area contributed by atoms with Gasteiger partial charge in [-0.3, -0.25) is 15.5 Å². The zero-order chi connectivity index (χ0) is 19.6. The third-order valence-corrected chi connectivity index (χ3v) is 4.51. The maximum atomic E-state index is 11.2. The third-order valence-electron chi connectivity index (χ3n) is 3.40. The lowest BCUT2D eigenvalue weighted by atomic mass is 10.1. The smallest absolute Gasteiger partial charge is 0.356 e. The molecule has 11 heteroatoms. The predicted molar refractivity (Wildman–Crippen MR) is 99.9 cm³/mol. The van der Waals surface area contributed by atoms with E-state index < -0.39 is 16.6 Å². The first-order valence-electron chi connectivity index (χ1n) is 6.97. The number of nitro benzene ring substituents is 1. The van der Waals surface area contributed by atoms with E-state index in [9.17, 15) is 14.9 Å². The number of benzene rings is 1. The average molecular weight is 418 g/mol. The topological polar surface area (TPSA) is 118 Å². The number of hydrazone groups is 1. The molecule has 2 N–H and O–H groups in total. The second-order valence-corrected chi connectivity index (χ2v) is 6.24. The number of carboxylic acids is 1. The fraction of sp³-hybridized carbons (Fsp3) is 0.133. The van der Waals surface area contributed by atoms with E-state index in [4.69, 9.17) is 39.9 Å². The lowest BCUT2D eigenvalue weighted by molar-refractivity contribution is -0.385. The number of nitrogens with one attached hydrogen (secondary N) is 1. The van der Waals surface area contributed by atoms with Crippen LogP contribution < -0.4 is 5.43 Å². The van der Waals surface area contributed by atoms with Crippen molar-refractivity contribution in [2.45, 2.75) is 13.8 Å². The molecule has 0 saturated heterocycles. The number of halogens is 3. The third kappa shape index (κ3) is 4.04. The fourth-order valence-corrected chi connectivity index (χ4v) is 2.66. The summed E-state index contributed by atoms with van der Waals surface area (Å²) in [5, 5.41) is 23.6. The molecular weight excluding hydrogens is 407 g/mol. The Morgan fingerprint density at radius 3 is 2.54 bits per heavy atom. The lowest BCUT2D eigenvalue weighted by Gasteiger charge is -2.10. The minimum atomic E-state index is -1.38. The molecular formula is C15H11Cl3N4O4. The molecule has 0 aliphatic rings. The van der Waals surface area contributed by atoms with Gasteiger partial charge in [-0.15, -0.1) is 0 Å². The van der Waals surface area contributed by atoms with Crippen LogP contribution in [0, 0.1) is 17.0 Å². The first-order valence-corrected chi connectivity index (χ1v) is 8.10. The quantitative estimate of drug-likeness (QED) is 0.312. The highest BCUT2D eigenvalue weighted by molar-refractivity contribution is 6.46. The molecule has 0 unspecified atom stereocenters. The fourth-order valence-electron chi connectivity index (χ4n) is 1.99. The van der Waals surface area contributed by atoms with E-state index in [2.05, 4.69) is 15.5 Å². The molecule has 0 amide bonds. The van der Waals surface area contributed by atoms with Gasteiger partial charge in [0.2, 0.25) is 0 Å². The molecule has 0 radical (unpaired) electrons. The number of carbonyl (C=O) groups is 1. The Balaban J connectivity index is 2.43. The molecule has 26 heavy (non-hydrogen) atoms. The zero-order valence-electron chi connectivity index (χ0n) is 13.4. The van der Waals surface area contributed by atoms with Crippen LogP contribution >= 0.6 is 34.8 Å². The molecule has 0 aliphatic heterocycles. The molecule has 0 bridgehead atoms. The van der Waals surface area contributed by atoms with Crippen LogP contribution in [0.1, 0.15) is 28.5 Å². The molecule has 0 fully saturated rings. The molecule has 2 rings (SSSR count). The SMILES string of the molecule is CC(=NNc1c(Cl)c(Cl)nc(C(=O)O)c1Cl)c1ccc(C)c([N+](=O)[O-])c1. The number of nitro groups is 1. The Morgan fingerprint density at radius 1 is 1.31 bits per heavy atom. The summed E-state index contributed by atoms with van der Waals surface area (Å²) in [7, 11) is 0. The lowest BCUT2D eigenvalue weighted by Crippen LogP contribution is -2.07. The summed E-state index contributed by atoms with van der Waals surface area (Å²) in [6.07, 6.45) is 0. The van der Waals surface area contributed by atoms with Crippen LogP contribution in [0.5, 0.6) is 0 Å². The van der Waals surface area contributed by atoms with E-state index in [1.807, 2.05) is 0 Å². The van der Waals surface area contributed by atoms with E-state index in [0.29, 0.717) is 16.8 Å². The van der Waals surface area contributed by atoms with Crippen molar-refractivity contribution in [3.63, 3.8) is 0 Å². The van der Waals surface area contributed by atoms with Crippen molar-refractivity contribution in [3.8, 4) is 0 Å². The highest BCUT2D eigenvalue weighted by atomic mass is 35.5. The average Bonchev–Trinajstić information content (AvgIpc) is 2.57. The van der Waals surface area contributed by atoms with Crippen LogP contribution in [0.25, 0.3) is 0 Å². The van der Waals surface area contributed by atoms with Gasteiger partial charge in [0.25, 0.3) is 5.69 Å². The number of aromatic carboxylic acids is 1. The summed E-state index contributed by atoms with van der Waals surface area (Å²) in [6.45, 7) is 3.22. The summed E-state index contributed by atoms with van der Waals surface area (Å²) in [5.41, 5.74) is 3.36. The van der Waals surface area contributed by atoms with Gasteiger partial charge in [0, 0.05) is 17.2 Å². The first kappa shape index (κ1) is 19.9. The Kier molecular flexibility index (Phi) is 6.01. The number of hydrogen-bond donors (Lipinski definition) is 2. The van der Waals surface area contributed by atoms with Crippen molar-refractivity contribution >= 4 is 57.9 Å². The van der Waals surface area contributed by atoms with E-state index in [1.54, 1.807) is 26.0 Å². The van der Waals surface area contributed by atoms with Crippen LogP contribution in [-0.2, 0) is 0 Å². The minimum absolute atomic E-state index is 0.0355. The molecule has 0 spiro atoms. The van der Waals surface area contributed by atoms with Gasteiger partial charge in [-0.05, 0) is 13.8 Å². The molecule has 1 heterocycles. The van der Waals surface area contributed by atoms with Crippen molar-refractivity contribution in [3.05, 3.63) is 60.3 Å². The Hall–Kier alpha value is -2.42. The number of nitrogens with zero attached hydrogens (tertiary/aromatic N) is 3. The summed E-state index contributed by atoms with van der Waals surface area (Å²) in [4.78, 5) is 25.3. The van der Waals surface area contributed by atoms with Crippen LogP contribution in [0.4, 0.5) is 11.4 Å². The first-order chi connectivity index (χ1) is 12.1. The number of aryl methyl sites for hydroxylation is 1. The molecule has 8 nitrogen and oxygen atoms in total. The van der Waals surface area contributed by atoms with Crippen LogP contribution in [0.3, 0.4) is 0 Å². The van der Waals surface area contributed by atoms with E-state index in [0.717, 1.165) is 0 Å². The maximum absolute atomic E-state index is 11.2. The van der Waals surface area contributed by atoms with E-state index in [1.165, 1.54) is 6.07 Å². The van der Waals surface area contributed by atoms with Gasteiger partial charge < -0.3 is 5.11 Å². The molecule has 1 aromatic heterocycles. The van der Waals surface area contributed by atoms with Gasteiger partial charge in [0.15, 0.2) is 10.8 Å². The normalized spacial score (nSPS) is 11.3. The minimum Gasteiger partial charge on any atom is -0.476 e. The number of rotatable bonds is 5. The van der Waals surface area contributed by atoms with Crippen molar-refractivity contribution in [1.29, 1.82) is 0 Å². The van der Waals surface area contributed by atoms with Crippen molar-refractivity contribution in [2.24, 2.45) is 5.10 Å². The maximum Gasteiger partial charge on any atom is 0.356 e. The number of hydrogen-bond acceptors (Lipinski definition) is 6. The Bertz CT molecular complexity index is 947. The second kappa shape index (κ2) is 7.86. The van der Waals surface area contributed by atoms with Crippen molar-refractivity contribution in [1.82, 2.24) is 4.98 Å². The zero-order valence-corrected chi connectivity index (χ0v) is 15.6. The highest BCUT2D eigenvalue weighted by Gasteiger charge is 2.21. The number of pyridine rings is 1. The number of aromatic nitrogens is 1. The van der Waals surface area contributed by atoms with Gasteiger partial charge in [-0.1, -0.05) is 46.9 Å². The highest BCUT2D eigenvalue weighted by Crippen LogP contribution is 2.37. The molecule has 0 atom stereocenters. The van der Waals surface area contributed by atoms with Crippen LogP contribution in [0.2, 0.25) is 15.2 Å². The number of anilines is 1. The number of carboxylic acid groups (broad SMARTS) is 1. The molecule has 0 saturated carbocycles. The Labute approximate surface area is 162 Å². The summed E-state index contributed by atoms with van der Waals surface area (Å²) < 4.78 is 0. The second-order valence-electron chi connectivity index (χ2n) is 5.13. The van der Waals surface area contributed by atoms with Gasteiger partial charge >= 0.3 is 5.97 Å². The largest absolute Gasteiger partial charge is 0.476 e. The van der Waals surface area contributed by atoms with Crippen molar-refractivity contribution < 1.29 is 14.8 Å². The summed E-state index contributed by atoms with van der Waals surface area (Å²) in [6, 6.07) is 4.63. The van der Waals surface area contributed by atoms with E-state index in [-0.39, 0.29) is 26.6 Å². The standard InChI is InChI=1S/C15H11Cl3N4O4/c1-6-3-4-8(5-9(6)22(25)26)7(2)20-21-12-10(16)13(15(23)24)19-14(18)11(12)17/h3-5H,1-2H3,(H,19,21)(H,23,24). The summed E-state index contributed by atoms with van der Waals surface area (Å²) >= 11 is 17.8. The van der Waals surface area contributed by atoms with Gasteiger partial charge in [-0.25, -0.2) is 9.78 Å². The Morgan fingerprint density at radius 2 is 1.96 bits per heavy atom. The van der Waals surface area contributed by atoms with Crippen LogP contribution in [-0.4, -0.2) is 26.7 Å². The van der Waals surface area contributed by atoms with Crippen LogP contribution in [0.15, 0.2) is 23.3 Å². The van der Waals surface area contributed by atoms with Gasteiger partial charge in [0.1, 0.15) is 10.0 Å².